The average Bonchev–Trinajstić information content (AvgIpc) is 3.42. The molecule has 8 nitrogen and oxygen atoms in total. The molecule has 30 heavy (non-hydrogen) atoms. The van der Waals surface area contributed by atoms with E-state index in [0.29, 0.717) is 29.3 Å². The van der Waals surface area contributed by atoms with E-state index in [2.05, 4.69) is 10.4 Å². The van der Waals surface area contributed by atoms with E-state index in [1.807, 2.05) is 48.5 Å². The lowest BCUT2D eigenvalue weighted by molar-refractivity contribution is -0.121. The Morgan fingerprint density at radius 2 is 1.87 bits per heavy atom. The molecule has 0 atom stereocenters. The predicted molar refractivity (Wildman–Crippen MR) is 109 cm³/mol. The molecular formula is C22H18N4O4. The largest absolute Gasteiger partial charge is 0.454 e. The van der Waals surface area contributed by atoms with Crippen molar-refractivity contribution in [2.75, 3.05) is 6.79 Å². The molecule has 0 saturated carbocycles. The first-order valence-electron chi connectivity index (χ1n) is 9.47. The lowest BCUT2D eigenvalue weighted by Gasteiger charge is -2.07. The summed E-state index contributed by atoms with van der Waals surface area (Å²) in [6.45, 7) is 0.547. The van der Waals surface area contributed by atoms with Gasteiger partial charge < -0.3 is 19.4 Å². The normalized spacial score (nSPS) is 12.3. The van der Waals surface area contributed by atoms with Gasteiger partial charge in [0.15, 0.2) is 11.5 Å². The minimum Gasteiger partial charge on any atom is -0.454 e. The van der Waals surface area contributed by atoms with Gasteiger partial charge >= 0.3 is 0 Å². The number of carbonyl (C=O) groups excluding carboxylic acids is 1. The van der Waals surface area contributed by atoms with Crippen molar-refractivity contribution in [3.05, 3.63) is 82.9 Å². The second-order valence-corrected chi connectivity index (χ2v) is 6.92. The smallest absolute Gasteiger partial charge is 0.277 e. The topological polar surface area (TPSA) is 86.9 Å². The number of carbonyl (C=O) groups is 1. The fourth-order valence-electron chi connectivity index (χ4n) is 3.35. The Bertz CT molecular complexity index is 1290. The molecule has 1 N–H and O–H groups in total. The molecular weight excluding hydrogens is 384 g/mol. The van der Waals surface area contributed by atoms with Crippen molar-refractivity contribution >= 4 is 11.4 Å². The van der Waals surface area contributed by atoms with Gasteiger partial charge in [0.05, 0.1) is 5.69 Å². The van der Waals surface area contributed by atoms with Crippen molar-refractivity contribution in [1.82, 2.24) is 19.5 Å². The van der Waals surface area contributed by atoms with Gasteiger partial charge in [0.25, 0.3) is 5.56 Å². The van der Waals surface area contributed by atoms with Crippen molar-refractivity contribution < 1.29 is 14.3 Å². The van der Waals surface area contributed by atoms with Crippen LogP contribution in [0.25, 0.3) is 16.8 Å². The van der Waals surface area contributed by atoms with E-state index in [0.717, 1.165) is 11.1 Å². The summed E-state index contributed by atoms with van der Waals surface area (Å²) in [5.41, 5.74) is 2.55. The number of hydrogen-bond acceptors (Lipinski definition) is 5. The third kappa shape index (κ3) is 3.39. The van der Waals surface area contributed by atoms with Crippen LogP contribution in [-0.4, -0.2) is 26.9 Å². The van der Waals surface area contributed by atoms with Crippen molar-refractivity contribution in [2.24, 2.45) is 0 Å². The van der Waals surface area contributed by atoms with Crippen LogP contribution in [-0.2, 0) is 17.9 Å². The second kappa shape index (κ2) is 7.40. The van der Waals surface area contributed by atoms with Crippen LogP contribution in [0.3, 0.4) is 0 Å². The molecule has 2 aromatic carbocycles. The minimum atomic E-state index is -0.285. The molecule has 0 unspecified atom stereocenters. The van der Waals surface area contributed by atoms with E-state index >= 15 is 0 Å². The van der Waals surface area contributed by atoms with Gasteiger partial charge in [0.2, 0.25) is 12.7 Å². The van der Waals surface area contributed by atoms with Gasteiger partial charge in [-0.15, -0.1) is 0 Å². The van der Waals surface area contributed by atoms with Gasteiger partial charge in [-0.3, -0.25) is 9.59 Å². The first kappa shape index (κ1) is 18.0. The van der Waals surface area contributed by atoms with Crippen LogP contribution < -0.4 is 20.3 Å². The van der Waals surface area contributed by atoms with E-state index < -0.39 is 0 Å². The molecule has 4 aromatic rings. The Labute approximate surface area is 171 Å². The maximum atomic E-state index is 12.8. The molecule has 0 fully saturated rings. The van der Waals surface area contributed by atoms with Crippen LogP contribution in [0.5, 0.6) is 11.5 Å². The maximum Gasteiger partial charge on any atom is 0.277 e. The molecule has 150 valence electrons. The van der Waals surface area contributed by atoms with Crippen LogP contribution in [0.1, 0.15) is 5.56 Å². The fourth-order valence-corrected chi connectivity index (χ4v) is 3.35. The van der Waals surface area contributed by atoms with Crippen LogP contribution in [0.15, 0.2) is 71.8 Å². The first-order valence-corrected chi connectivity index (χ1v) is 9.47. The number of nitrogens with zero attached hydrogens (tertiary/aromatic N) is 3. The zero-order valence-corrected chi connectivity index (χ0v) is 15.9. The van der Waals surface area contributed by atoms with E-state index in [4.69, 9.17) is 9.47 Å². The number of aromatic nitrogens is 3. The van der Waals surface area contributed by atoms with Crippen molar-refractivity contribution in [3.8, 4) is 22.8 Å². The summed E-state index contributed by atoms with van der Waals surface area (Å²) in [6, 6.07) is 16.8. The Morgan fingerprint density at radius 3 is 2.73 bits per heavy atom. The molecule has 0 radical (unpaired) electrons. The van der Waals surface area contributed by atoms with Gasteiger partial charge in [0.1, 0.15) is 12.1 Å². The van der Waals surface area contributed by atoms with Gasteiger partial charge in [-0.25, -0.2) is 4.52 Å². The number of amides is 1. The minimum absolute atomic E-state index is 0.0628. The number of rotatable bonds is 5. The molecule has 1 amide bonds. The molecule has 1 aliphatic heterocycles. The summed E-state index contributed by atoms with van der Waals surface area (Å²) in [4.78, 5) is 25.1. The summed E-state index contributed by atoms with van der Waals surface area (Å²) in [7, 11) is 0. The number of hydrogen-bond donors (Lipinski definition) is 1. The Hall–Kier alpha value is -4.07. The third-order valence-corrected chi connectivity index (χ3v) is 4.92. The summed E-state index contributed by atoms with van der Waals surface area (Å²) < 4.78 is 13.6. The summed E-state index contributed by atoms with van der Waals surface area (Å²) in [5, 5.41) is 7.30. The van der Waals surface area contributed by atoms with Gasteiger partial charge in [0, 0.05) is 24.5 Å². The molecule has 1 aliphatic rings. The van der Waals surface area contributed by atoms with Gasteiger partial charge in [-0.1, -0.05) is 30.3 Å². The van der Waals surface area contributed by atoms with E-state index in [9.17, 15) is 9.59 Å². The van der Waals surface area contributed by atoms with E-state index in [1.54, 1.807) is 18.5 Å². The first-order chi connectivity index (χ1) is 14.7. The molecule has 0 bridgehead atoms. The molecule has 0 spiro atoms. The average molecular weight is 402 g/mol. The monoisotopic (exact) mass is 402 g/mol. The Balaban J connectivity index is 1.36. The van der Waals surface area contributed by atoms with Crippen LogP contribution in [0.4, 0.5) is 0 Å². The highest BCUT2D eigenvalue weighted by atomic mass is 16.7. The van der Waals surface area contributed by atoms with Crippen molar-refractivity contribution in [1.29, 1.82) is 0 Å². The van der Waals surface area contributed by atoms with Crippen molar-refractivity contribution in [2.45, 2.75) is 13.1 Å². The lowest BCUT2D eigenvalue weighted by atomic mass is 10.1. The second-order valence-electron chi connectivity index (χ2n) is 6.92. The number of ether oxygens (including phenoxy) is 2. The molecule has 0 aliphatic carbocycles. The number of benzene rings is 2. The van der Waals surface area contributed by atoms with Gasteiger partial charge in [-0.05, 0) is 29.8 Å². The molecule has 8 heteroatoms. The van der Waals surface area contributed by atoms with Crippen LogP contribution in [0, 0.1) is 0 Å². The standard InChI is InChI=1S/C22H18N4O4/c27-21(23-12-15-4-2-1-3-5-15)13-25-8-9-26-18(22(25)28)11-17(24-26)16-6-7-19-20(10-16)30-14-29-19/h1-11H,12-14H2,(H,23,27). The molecule has 2 aromatic heterocycles. The number of fused-ring (bicyclic) bond motifs is 2. The zero-order chi connectivity index (χ0) is 20.5. The highest BCUT2D eigenvalue weighted by Crippen LogP contribution is 2.35. The third-order valence-electron chi connectivity index (χ3n) is 4.92. The Morgan fingerprint density at radius 1 is 1.03 bits per heavy atom. The maximum absolute atomic E-state index is 12.8. The highest BCUT2D eigenvalue weighted by molar-refractivity contribution is 5.76. The zero-order valence-electron chi connectivity index (χ0n) is 15.9. The van der Waals surface area contributed by atoms with Crippen LogP contribution >= 0.6 is 0 Å². The predicted octanol–water partition coefficient (Wildman–Crippen LogP) is 2.21. The fraction of sp³-hybridized carbons (Fsp3) is 0.136. The molecule has 0 saturated heterocycles. The van der Waals surface area contributed by atoms with E-state index in [1.165, 1.54) is 9.08 Å². The van der Waals surface area contributed by atoms with Crippen LogP contribution in [0.2, 0.25) is 0 Å². The summed E-state index contributed by atoms with van der Waals surface area (Å²) in [6.07, 6.45) is 3.23. The lowest BCUT2D eigenvalue weighted by Crippen LogP contribution is -2.32. The molecule has 5 rings (SSSR count). The van der Waals surface area contributed by atoms with E-state index in [-0.39, 0.29) is 24.8 Å². The SMILES string of the molecule is O=C(Cn1ccn2nc(-c3ccc4c(c3)OCO4)cc2c1=O)NCc1ccccc1. The summed E-state index contributed by atoms with van der Waals surface area (Å²) in [5.74, 6) is 1.10. The molecule has 3 heterocycles. The van der Waals surface area contributed by atoms with Crippen molar-refractivity contribution in [3.63, 3.8) is 0 Å². The quantitative estimate of drug-likeness (QED) is 0.553. The highest BCUT2D eigenvalue weighted by Gasteiger charge is 2.16. The summed E-state index contributed by atoms with van der Waals surface area (Å²) >= 11 is 0. The van der Waals surface area contributed by atoms with Gasteiger partial charge in [-0.2, -0.15) is 5.10 Å². The number of nitrogens with one attached hydrogen (secondary N) is 1. The Kier molecular flexibility index (Phi) is 4.44.